The zero-order valence-electron chi connectivity index (χ0n) is 10.6. The number of hydrogen-bond acceptors (Lipinski definition) is 4. The number of aromatic nitrogens is 2. The van der Waals surface area contributed by atoms with Crippen LogP contribution in [0.15, 0.2) is 29.2 Å². The lowest BCUT2D eigenvalue weighted by atomic mass is 10.1. The summed E-state index contributed by atoms with van der Waals surface area (Å²) in [7, 11) is 1.87. The summed E-state index contributed by atoms with van der Waals surface area (Å²) in [5, 5.41) is 10.9. The Bertz CT molecular complexity index is 564. The second-order valence-corrected chi connectivity index (χ2v) is 5.40. The van der Waals surface area contributed by atoms with Crippen molar-refractivity contribution >= 4 is 17.2 Å². The van der Waals surface area contributed by atoms with Crippen molar-refractivity contribution in [3.63, 3.8) is 0 Å². The Morgan fingerprint density at radius 1 is 1.63 bits per heavy atom. The van der Waals surface area contributed by atoms with Gasteiger partial charge in [0.25, 0.3) is 5.91 Å². The van der Waals surface area contributed by atoms with Crippen LogP contribution in [0.4, 0.5) is 0 Å². The topological polar surface area (TPSA) is 56.1 Å². The number of aryl methyl sites for hydroxylation is 1. The first kappa shape index (κ1) is 12.4. The van der Waals surface area contributed by atoms with Crippen LogP contribution >= 0.6 is 11.3 Å². The van der Waals surface area contributed by atoms with Crippen LogP contribution in [0.1, 0.15) is 28.4 Å². The minimum Gasteiger partial charge on any atom is -0.371 e. The van der Waals surface area contributed by atoms with E-state index < -0.39 is 0 Å². The zero-order chi connectivity index (χ0) is 13.2. The van der Waals surface area contributed by atoms with Crippen LogP contribution in [0.25, 0.3) is 0 Å². The lowest BCUT2D eigenvalue weighted by Gasteiger charge is -2.18. The van der Waals surface area contributed by atoms with Gasteiger partial charge in [0.1, 0.15) is 6.10 Å². The van der Waals surface area contributed by atoms with Gasteiger partial charge >= 0.3 is 0 Å². The van der Waals surface area contributed by atoms with Crippen LogP contribution in [0.2, 0.25) is 0 Å². The Morgan fingerprint density at radius 3 is 3.21 bits per heavy atom. The number of hydrogen-bond donors (Lipinski definition) is 1. The van der Waals surface area contributed by atoms with Crippen LogP contribution in [0, 0.1) is 0 Å². The molecule has 0 aromatic carbocycles. The predicted octanol–water partition coefficient (Wildman–Crippen LogP) is 1.74. The van der Waals surface area contributed by atoms with Crippen molar-refractivity contribution in [2.24, 2.45) is 7.05 Å². The highest BCUT2D eigenvalue weighted by molar-refractivity contribution is 7.08. The van der Waals surface area contributed by atoms with Crippen molar-refractivity contribution < 1.29 is 9.53 Å². The largest absolute Gasteiger partial charge is 0.371 e. The first-order chi connectivity index (χ1) is 9.24. The molecule has 0 saturated carbocycles. The van der Waals surface area contributed by atoms with E-state index in [1.807, 2.05) is 30.1 Å². The van der Waals surface area contributed by atoms with Crippen molar-refractivity contribution in [3.8, 4) is 0 Å². The molecule has 1 amide bonds. The van der Waals surface area contributed by atoms with E-state index in [9.17, 15) is 4.79 Å². The minimum absolute atomic E-state index is 0.0107. The monoisotopic (exact) mass is 277 g/mol. The Morgan fingerprint density at radius 2 is 2.53 bits per heavy atom. The molecule has 6 heteroatoms. The highest BCUT2D eigenvalue weighted by Gasteiger charge is 2.31. The molecular weight excluding hydrogens is 262 g/mol. The average Bonchev–Trinajstić information content (AvgIpc) is 3.08. The Kier molecular flexibility index (Phi) is 3.35. The molecule has 3 heterocycles. The molecule has 1 saturated heterocycles. The standard InChI is InChI=1S/C13H15N3O2S/c1-16-7-10(6-14-16)12-11(2-4-18-12)15-13(17)9-3-5-19-8-9/h3,5-8,11-12H,2,4H2,1H3,(H,15,17)/t11-,12+/m0/s1. The molecule has 1 fully saturated rings. The number of carbonyl (C=O) groups excluding carboxylic acids is 1. The normalized spacial score (nSPS) is 22.6. The third kappa shape index (κ3) is 2.54. The highest BCUT2D eigenvalue weighted by atomic mass is 32.1. The molecule has 19 heavy (non-hydrogen) atoms. The van der Waals surface area contributed by atoms with Crippen LogP contribution in [0.5, 0.6) is 0 Å². The van der Waals surface area contributed by atoms with E-state index in [0.29, 0.717) is 12.2 Å². The summed E-state index contributed by atoms with van der Waals surface area (Å²) < 4.78 is 7.46. The molecule has 2 atom stereocenters. The van der Waals surface area contributed by atoms with E-state index in [1.165, 1.54) is 11.3 Å². The molecule has 0 bridgehead atoms. The number of carbonyl (C=O) groups is 1. The van der Waals surface area contributed by atoms with E-state index >= 15 is 0 Å². The zero-order valence-corrected chi connectivity index (χ0v) is 11.4. The molecule has 1 N–H and O–H groups in total. The SMILES string of the molecule is Cn1cc([C@H]2OCC[C@@H]2NC(=O)c2ccsc2)cn1. The van der Waals surface area contributed by atoms with Gasteiger partial charge in [0, 0.05) is 36.4 Å². The molecule has 5 nitrogen and oxygen atoms in total. The molecule has 100 valence electrons. The molecule has 2 aromatic rings. The van der Waals surface area contributed by atoms with Crippen molar-refractivity contribution in [1.29, 1.82) is 0 Å². The summed E-state index contributed by atoms with van der Waals surface area (Å²) in [6.45, 7) is 0.661. The summed E-state index contributed by atoms with van der Waals surface area (Å²) in [5.74, 6) is -0.0364. The van der Waals surface area contributed by atoms with E-state index in [1.54, 1.807) is 10.9 Å². The highest BCUT2D eigenvalue weighted by Crippen LogP contribution is 2.29. The summed E-state index contributed by atoms with van der Waals surface area (Å²) >= 11 is 1.52. The molecule has 0 radical (unpaired) electrons. The summed E-state index contributed by atoms with van der Waals surface area (Å²) in [4.78, 5) is 12.1. The second kappa shape index (κ2) is 5.14. The molecule has 2 aromatic heterocycles. The third-order valence-corrected chi connectivity index (χ3v) is 3.93. The molecule has 3 rings (SSSR count). The summed E-state index contributed by atoms with van der Waals surface area (Å²) in [6, 6.07) is 1.84. The van der Waals surface area contributed by atoms with Gasteiger partial charge in [-0.15, -0.1) is 0 Å². The fourth-order valence-corrected chi connectivity index (χ4v) is 2.93. The van der Waals surface area contributed by atoms with Crippen LogP contribution in [0.3, 0.4) is 0 Å². The van der Waals surface area contributed by atoms with Gasteiger partial charge in [-0.2, -0.15) is 16.4 Å². The van der Waals surface area contributed by atoms with Crippen molar-refractivity contribution in [1.82, 2.24) is 15.1 Å². The minimum atomic E-state index is -0.101. The Hall–Kier alpha value is -1.66. The van der Waals surface area contributed by atoms with E-state index in [4.69, 9.17) is 4.74 Å². The first-order valence-electron chi connectivity index (χ1n) is 6.17. The smallest absolute Gasteiger partial charge is 0.252 e. The number of nitrogens with one attached hydrogen (secondary N) is 1. The van der Waals surface area contributed by atoms with Gasteiger partial charge in [0.15, 0.2) is 0 Å². The third-order valence-electron chi connectivity index (χ3n) is 3.24. The summed E-state index contributed by atoms with van der Waals surface area (Å²) in [6.07, 6.45) is 4.45. The van der Waals surface area contributed by atoms with Crippen LogP contribution in [-0.2, 0) is 11.8 Å². The Balaban J connectivity index is 1.72. The number of ether oxygens (including phenoxy) is 1. The van der Waals surface area contributed by atoms with Crippen molar-refractivity contribution in [2.75, 3.05) is 6.61 Å². The molecule has 0 unspecified atom stereocenters. The van der Waals surface area contributed by atoms with E-state index in [2.05, 4.69) is 10.4 Å². The lowest BCUT2D eigenvalue weighted by Crippen LogP contribution is -2.36. The molecular formula is C13H15N3O2S. The average molecular weight is 277 g/mol. The molecule has 1 aliphatic rings. The fourth-order valence-electron chi connectivity index (χ4n) is 2.30. The fraction of sp³-hybridized carbons (Fsp3) is 0.385. The maximum absolute atomic E-state index is 12.1. The van der Waals surface area contributed by atoms with E-state index in [-0.39, 0.29) is 18.1 Å². The number of thiophene rings is 1. The van der Waals surface area contributed by atoms with E-state index in [0.717, 1.165) is 12.0 Å². The first-order valence-corrected chi connectivity index (χ1v) is 7.11. The van der Waals surface area contributed by atoms with Gasteiger partial charge in [-0.1, -0.05) is 0 Å². The molecule has 0 spiro atoms. The molecule has 1 aliphatic heterocycles. The van der Waals surface area contributed by atoms with Gasteiger partial charge < -0.3 is 10.1 Å². The Labute approximate surface area is 115 Å². The van der Waals surface area contributed by atoms with Gasteiger partial charge in [0.2, 0.25) is 0 Å². The summed E-state index contributed by atoms with van der Waals surface area (Å²) in [5.41, 5.74) is 1.72. The van der Waals surface area contributed by atoms with Gasteiger partial charge in [0.05, 0.1) is 12.2 Å². The second-order valence-electron chi connectivity index (χ2n) is 4.62. The van der Waals surface area contributed by atoms with Crippen LogP contribution in [-0.4, -0.2) is 28.3 Å². The maximum atomic E-state index is 12.1. The molecule has 0 aliphatic carbocycles. The number of nitrogens with zero attached hydrogens (tertiary/aromatic N) is 2. The van der Waals surface area contributed by atoms with Gasteiger partial charge in [-0.25, -0.2) is 0 Å². The van der Waals surface area contributed by atoms with Gasteiger partial charge in [-0.3, -0.25) is 9.48 Å². The van der Waals surface area contributed by atoms with Crippen LogP contribution < -0.4 is 5.32 Å². The number of rotatable bonds is 3. The van der Waals surface area contributed by atoms with Crippen molar-refractivity contribution in [2.45, 2.75) is 18.6 Å². The van der Waals surface area contributed by atoms with Crippen molar-refractivity contribution in [3.05, 3.63) is 40.3 Å². The number of amides is 1. The quantitative estimate of drug-likeness (QED) is 0.929. The van der Waals surface area contributed by atoms with Gasteiger partial charge in [-0.05, 0) is 17.9 Å². The lowest BCUT2D eigenvalue weighted by molar-refractivity contribution is 0.0822. The predicted molar refractivity (Wildman–Crippen MR) is 72.1 cm³/mol. The maximum Gasteiger partial charge on any atom is 0.252 e.